The summed E-state index contributed by atoms with van der Waals surface area (Å²) < 4.78 is 3.68. The third kappa shape index (κ3) is 3.19. The third-order valence-electron chi connectivity index (χ3n) is 4.09. The number of aliphatic carboxylic acids is 1. The molecule has 1 N–H and O–H groups in total. The number of carboxylic acids is 1. The number of aromatic nitrogens is 5. The quantitative estimate of drug-likeness (QED) is 0.695. The average Bonchev–Trinajstić information content (AvgIpc) is 3.31. The number of benzene rings is 1. The Morgan fingerprint density at radius 3 is 2.88 bits per heavy atom. The second kappa shape index (κ2) is 6.07. The van der Waals surface area contributed by atoms with E-state index in [0.29, 0.717) is 16.6 Å². The van der Waals surface area contributed by atoms with Crippen LogP contribution in [-0.2, 0) is 17.9 Å². The Morgan fingerprint density at radius 2 is 2.16 bits per heavy atom. The summed E-state index contributed by atoms with van der Waals surface area (Å²) >= 11 is 3.39. The first-order valence-corrected chi connectivity index (χ1v) is 8.61. The zero-order valence-corrected chi connectivity index (χ0v) is 14.7. The van der Waals surface area contributed by atoms with Crippen LogP contribution >= 0.6 is 15.9 Å². The summed E-state index contributed by atoms with van der Waals surface area (Å²) in [4.78, 5) is 28.4. The number of halogens is 1. The molecule has 0 aliphatic heterocycles. The Balaban J connectivity index is 1.78. The van der Waals surface area contributed by atoms with Gasteiger partial charge in [-0.2, -0.15) is 0 Å². The van der Waals surface area contributed by atoms with Crippen molar-refractivity contribution in [3.05, 3.63) is 50.7 Å². The first-order chi connectivity index (χ1) is 12.0. The molecule has 0 bridgehead atoms. The molecule has 0 atom stereocenters. The van der Waals surface area contributed by atoms with Gasteiger partial charge < -0.3 is 5.11 Å². The van der Waals surface area contributed by atoms with Gasteiger partial charge in [-0.1, -0.05) is 21.1 Å². The SMILES string of the molecule is O=C(O)Cn1cc(Cn2c(C3CC3)nc3ccc(Br)cc3c2=O)nn1. The summed E-state index contributed by atoms with van der Waals surface area (Å²) in [7, 11) is 0. The number of rotatable bonds is 5. The van der Waals surface area contributed by atoms with Gasteiger partial charge in [-0.25, -0.2) is 9.67 Å². The van der Waals surface area contributed by atoms with Crippen molar-refractivity contribution in [2.24, 2.45) is 0 Å². The maximum atomic E-state index is 13.0. The Hall–Kier alpha value is -2.55. The minimum atomic E-state index is -0.996. The molecule has 0 amide bonds. The van der Waals surface area contributed by atoms with E-state index in [1.807, 2.05) is 12.1 Å². The lowest BCUT2D eigenvalue weighted by Crippen LogP contribution is -2.26. The normalized spacial score (nSPS) is 14.1. The van der Waals surface area contributed by atoms with Crippen LogP contribution in [-0.4, -0.2) is 35.6 Å². The van der Waals surface area contributed by atoms with Crippen LogP contribution in [0.15, 0.2) is 33.7 Å². The summed E-state index contributed by atoms with van der Waals surface area (Å²) in [6.45, 7) is -0.0416. The van der Waals surface area contributed by atoms with Crippen LogP contribution in [0.1, 0.15) is 30.3 Å². The van der Waals surface area contributed by atoms with Gasteiger partial charge >= 0.3 is 5.97 Å². The van der Waals surface area contributed by atoms with Crippen molar-refractivity contribution < 1.29 is 9.90 Å². The summed E-state index contributed by atoms with van der Waals surface area (Å²) in [5.41, 5.74) is 1.09. The Bertz CT molecular complexity index is 1040. The van der Waals surface area contributed by atoms with Crippen molar-refractivity contribution in [1.29, 1.82) is 0 Å². The van der Waals surface area contributed by atoms with Gasteiger partial charge in [0.2, 0.25) is 0 Å². The molecule has 3 aromatic rings. The van der Waals surface area contributed by atoms with Crippen LogP contribution in [0.2, 0.25) is 0 Å². The average molecular weight is 404 g/mol. The first-order valence-electron chi connectivity index (χ1n) is 7.82. The number of carboxylic acid groups (broad SMARTS) is 1. The highest BCUT2D eigenvalue weighted by molar-refractivity contribution is 9.10. The van der Waals surface area contributed by atoms with E-state index in [1.54, 1.807) is 16.8 Å². The summed E-state index contributed by atoms with van der Waals surface area (Å²) in [6.07, 6.45) is 3.57. The molecule has 1 aliphatic rings. The van der Waals surface area contributed by atoms with Gasteiger partial charge in [0.05, 0.1) is 23.6 Å². The molecule has 1 fully saturated rings. The van der Waals surface area contributed by atoms with E-state index in [4.69, 9.17) is 5.11 Å². The summed E-state index contributed by atoms with van der Waals surface area (Å²) in [5, 5.41) is 17.1. The first kappa shape index (κ1) is 15.9. The molecule has 0 radical (unpaired) electrons. The highest BCUT2D eigenvalue weighted by Gasteiger charge is 2.29. The van der Waals surface area contributed by atoms with Gasteiger partial charge in [0.15, 0.2) is 0 Å². The molecule has 1 aliphatic carbocycles. The zero-order chi connectivity index (χ0) is 17.6. The largest absolute Gasteiger partial charge is 0.480 e. The summed E-state index contributed by atoms with van der Waals surface area (Å²) in [5.74, 6) is 0.0481. The van der Waals surface area contributed by atoms with E-state index in [2.05, 4.69) is 31.2 Å². The van der Waals surface area contributed by atoms with Gasteiger partial charge in [0.1, 0.15) is 18.1 Å². The second-order valence-electron chi connectivity index (χ2n) is 6.10. The monoisotopic (exact) mass is 403 g/mol. The Morgan fingerprint density at radius 1 is 1.36 bits per heavy atom. The van der Waals surface area contributed by atoms with Crippen molar-refractivity contribution in [2.45, 2.75) is 31.8 Å². The van der Waals surface area contributed by atoms with Crippen molar-refractivity contribution in [1.82, 2.24) is 24.5 Å². The second-order valence-corrected chi connectivity index (χ2v) is 7.01. The maximum Gasteiger partial charge on any atom is 0.325 e. The van der Waals surface area contributed by atoms with Crippen LogP contribution in [0.4, 0.5) is 0 Å². The van der Waals surface area contributed by atoms with E-state index in [1.165, 1.54) is 4.68 Å². The lowest BCUT2D eigenvalue weighted by Gasteiger charge is -2.12. The highest BCUT2D eigenvalue weighted by atomic mass is 79.9. The molecular weight excluding hydrogens is 390 g/mol. The number of nitrogens with zero attached hydrogens (tertiary/aromatic N) is 5. The van der Waals surface area contributed by atoms with Gasteiger partial charge in [-0.15, -0.1) is 5.10 Å². The predicted octanol–water partition coefficient (Wildman–Crippen LogP) is 1.76. The molecule has 128 valence electrons. The van der Waals surface area contributed by atoms with Crippen molar-refractivity contribution in [3.63, 3.8) is 0 Å². The molecule has 1 saturated carbocycles. The summed E-state index contributed by atoms with van der Waals surface area (Å²) in [6, 6.07) is 5.46. The number of fused-ring (bicyclic) bond motifs is 1. The molecule has 25 heavy (non-hydrogen) atoms. The highest BCUT2D eigenvalue weighted by Crippen LogP contribution is 2.39. The number of hydrogen-bond donors (Lipinski definition) is 1. The molecule has 1 aromatic carbocycles. The Kier molecular flexibility index (Phi) is 3.87. The number of carbonyl (C=O) groups is 1. The van der Waals surface area contributed by atoms with Crippen LogP contribution in [0.3, 0.4) is 0 Å². The maximum absolute atomic E-state index is 13.0. The lowest BCUT2D eigenvalue weighted by atomic mass is 10.2. The van der Waals surface area contributed by atoms with Crippen molar-refractivity contribution in [2.75, 3.05) is 0 Å². The molecular formula is C16H14BrN5O3. The van der Waals surface area contributed by atoms with Crippen LogP contribution in [0.25, 0.3) is 10.9 Å². The third-order valence-corrected chi connectivity index (χ3v) is 4.58. The van der Waals surface area contributed by atoms with Crippen LogP contribution in [0.5, 0.6) is 0 Å². The fraction of sp³-hybridized carbons (Fsp3) is 0.312. The zero-order valence-electron chi connectivity index (χ0n) is 13.1. The van der Waals surface area contributed by atoms with E-state index < -0.39 is 5.97 Å². The topological polar surface area (TPSA) is 103 Å². The van der Waals surface area contributed by atoms with E-state index in [9.17, 15) is 9.59 Å². The van der Waals surface area contributed by atoms with Gasteiger partial charge in [-0.05, 0) is 31.0 Å². The molecule has 4 rings (SSSR count). The van der Waals surface area contributed by atoms with E-state index in [-0.39, 0.29) is 24.6 Å². The number of hydrogen-bond acceptors (Lipinski definition) is 5. The molecule has 0 saturated heterocycles. The van der Waals surface area contributed by atoms with Crippen molar-refractivity contribution >= 4 is 32.8 Å². The molecule has 8 nitrogen and oxygen atoms in total. The van der Waals surface area contributed by atoms with E-state index in [0.717, 1.165) is 23.1 Å². The minimum Gasteiger partial charge on any atom is -0.480 e. The molecule has 0 unspecified atom stereocenters. The molecule has 2 heterocycles. The van der Waals surface area contributed by atoms with Crippen LogP contribution < -0.4 is 5.56 Å². The fourth-order valence-electron chi connectivity index (χ4n) is 2.81. The fourth-order valence-corrected chi connectivity index (χ4v) is 3.17. The van der Waals surface area contributed by atoms with Gasteiger partial charge in [-0.3, -0.25) is 14.2 Å². The molecule has 9 heteroatoms. The molecule has 0 spiro atoms. The molecule has 2 aromatic heterocycles. The smallest absolute Gasteiger partial charge is 0.325 e. The minimum absolute atomic E-state index is 0.124. The lowest BCUT2D eigenvalue weighted by molar-refractivity contribution is -0.137. The van der Waals surface area contributed by atoms with Crippen LogP contribution in [0, 0.1) is 0 Å². The van der Waals surface area contributed by atoms with Gasteiger partial charge in [0, 0.05) is 10.4 Å². The predicted molar refractivity (Wildman–Crippen MR) is 92.4 cm³/mol. The van der Waals surface area contributed by atoms with Gasteiger partial charge in [0.25, 0.3) is 5.56 Å². The Labute approximate surface area is 150 Å². The van der Waals surface area contributed by atoms with E-state index >= 15 is 0 Å². The standard InChI is InChI=1S/C16H14BrN5O3/c17-10-3-4-13-12(5-10)16(25)22(15(18-13)9-1-2-9)7-11-6-21(20-19-11)8-14(23)24/h3-6,9H,1-2,7-8H2,(H,23,24). The van der Waals surface area contributed by atoms with Crippen molar-refractivity contribution in [3.8, 4) is 0 Å².